The number of amides is 3. The van der Waals surface area contributed by atoms with Crippen LogP contribution < -0.4 is 30.6 Å². The molecular formula is C36H39N5O7. The van der Waals surface area contributed by atoms with E-state index >= 15 is 0 Å². The number of hydrogen-bond donors (Lipinski definition) is 2. The van der Waals surface area contributed by atoms with Gasteiger partial charge in [-0.1, -0.05) is 25.3 Å². The SMILES string of the molecule is C=CC(=O)NCCn1c(=O)c(-c2cc(OC)cc(OC)c2)cc2cnc(N(C(=O)OC(C)(C)C)c3c(C)cccc3NC(=O)C=C)cc21. The van der Waals surface area contributed by atoms with Crippen molar-refractivity contribution in [2.45, 2.75) is 39.8 Å². The summed E-state index contributed by atoms with van der Waals surface area (Å²) in [6.07, 6.45) is 3.05. The second-order valence-corrected chi connectivity index (χ2v) is 11.7. The van der Waals surface area contributed by atoms with Crippen LogP contribution in [-0.4, -0.2) is 53.8 Å². The lowest BCUT2D eigenvalue weighted by Gasteiger charge is -2.29. The summed E-state index contributed by atoms with van der Waals surface area (Å²) in [5.74, 6) is 0.238. The molecule has 0 aliphatic heterocycles. The van der Waals surface area contributed by atoms with Crippen molar-refractivity contribution in [2.75, 3.05) is 31.0 Å². The first-order chi connectivity index (χ1) is 22.8. The van der Waals surface area contributed by atoms with Crippen LogP contribution in [0.1, 0.15) is 26.3 Å². The van der Waals surface area contributed by atoms with Gasteiger partial charge in [-0.05, 0) is 75.2 Å². The molecule has 4 aromatic rings. The fourth-order valence-corrected chi connectivity index (χ4v) is 4.99. The first-order valence-corrected chi connectivity index (χ1v) is 15.0. The summed E-state index contributed by atoms with van der Waals surface area (Å²) in [5.41, 5.74) is 1.33. The average Bonchev–Trinajstić information content (AvgIpc) is 3.05. The Morgan fingerprint density at radius 2 is 1.65 bits per heavy atom. The lowest BCUT2D eigenvalue weighted by molar-refractivity contribution is -0.116. The molecule has 2 aromatic carbocycles. The molecule has 0 radical (unpaired) electrons. The number of para-hydroxylation sites is 1. The van der Waals surface area contributed by atoms with E-state index in [1.54, 1.807) is 82.4 Å². The highest BCUT2D eigenvalue weighted by molar-refractivity contribution is 6.06. The predicted octanol–water partition coefficient (Wildman–Crippen LogP) is 5.89. The fraction of sp³-hybridized carbons (Fsp3) is 0.250. The number of nitrogens with zero attached hydrogens (tertiary/aromatic N) is 3. The number of nitrogens with one attached hydrogen (secondary N) is 2. The lowest BCUT2D eigenvalue weighted by Crippen LogP contribution is -2.35. The van der Waals surface area contributed by atoms with Gasteiger partial charge in [0.1, 0.15) is 22.9 Å². The van der Waals surface area contributed by atoms with Crippen molar-refractivity contribution in [1.82, 2.24) is 14.9 Å². The molecule has 0 fully saturated rings. The summed E-state index contributed by atoms with van der Waals surface area (Å²) < 4.78 is 18.2. The molecule has 48 heavy (non-hydrogen) atoms. The highest BCUT2D eigenvalue weighted by Gasteiger charge is 2.30. The number of methoxy groups -OCH3 is 2. The Bertz CT molecular complexity index is 1940. The van der Waals surface area contributed by atoms with Gasteiger partial charge in [-0.3, -0.25) is 14.4 Å². The van der Waals surface area contributed by atoms with E-state index in [0.717, 1.165) is 12.2 Å². The molecule has 0 unspecified atom stereocenters. The van der Waals surface area contributed by atoms with Gasteiger partial charge < -0.3 is 29.4 Å². The maximum atomic E-state index is 14.2. The normalized spacial score (nSPS) is 11.0. The van der Waals surface area contributed by atoms with E-state index in [2.05, 4.69) is 28.8 Å². The highest BCUT2D eigenvalue weighted by Crippen LogP contribution is 2.37. The molecule has 250 valence electrons. The highest BCUT2D eigenvalue weighted by atomic mass is 16.6. The zero-order chi connectivity index (χ0) is 35.2. The van der Waals surface area contributed by atoms with E-state index in [4.69, 9.17) is 14.2 Å². The maximum absolute atomic E-state index is 14.2. The van der Waals surface area contributed by atoms with Gasteiger partial charge in [0.05, 0.1) is 31.1 Å². The Hall–Kier alpha value is -5.91. The summed E-state index contributed by atoms with van der Waals surface area (Å²) in [6, 6.07) is 13.6. The molecule has 0 bridgehead atoms. The van der Waals surface area contributed by atoms with Crippen molar-refractivity contribution in [1.29, 1.82) is 0 Å². The van der Waals surface area contributed by atoms with E-state index in [0.29, 0.717) is 50.5 Å². The molecule has 12 nitrogen and oxygen atoms in total. The first kappa shape index (κ1) is 35.0. The van der Waals surface area contributed by atoms with Crippen molar-refractivity contribution in [2.24, 2.45) is 0 Å². The van der Waals surface area contributed by atoms with Crippen LogP contribution in [0, 0.1) is 6.92 Å². The molecule has 2 heterocycles. The van der Waals surface area contributed by atoms with Crippen LogP contribution in [0.25, 0.3) is 22.0 Å². The minimum atomic E-state index is -0.877. The minimum absolute atomic E-state index is 0.0742. The van der Waals surface area contributed by atoms with Gasteiger partial charge in [0.2, 0.25) is 11.8 Å². The van der Waals surface area contributed by atoms with Crippen molar-refractivity contribution in [3.63, 3.8) is 0 Å². The van der Waals surface area contributed by atoms with Crippen LogP contribution >= 0.6 is 0 Å². The standard InChI is InChI=1S/C36H39N5O7/c1-9-31(42)37-14-15-40-29-20-30(38-21-24(29)18-27(34(40)44)23-16-25(46-7)19-26(17-23)47-8)41(35(45)48-36(4,5)6)33-22(3)12-11-13-28(33)39-32(43)10-2/h9-13,16-21H,1-2,14-15H2,3-8H3,(H,37,42)(H,39,43). The maximum Gasteiger partial charge on any atom is 0.420 e. The number of aromatic nitrogens is 2. The molecule has 2 N–H and O–H groups in total. The number of fused-ring (bicyclic) bond motifs is 1. The third-order valence-corrected chi connectivity index (χ3v) is 7.16. The van der Waals surface area contributed by atoms with Gasteiger partial charge >= 0.3 is 6.09 Å². The summed E-state index contributed by atoms with van der Waals surface area (Å²) >= 11 is 0. The second-order valence-electron chi connectivity index (χ2n) is 11.7. The van der Waals surface area contributed by atoms with E-state index in [1.807, 2.05) is 0 Å². The van der Waals surface area contributed by atoms with Gasteiger partial charge in [-0.2, -0.15) is 0 Å². The number of benzene rings is 2. The summed E-state index contributed by atoms with van der Waals surface area (Å²) in [4.78, 5) is 58.4. The van der Waals surface area contributed by atoms with Gasteiger partial charge in [0, 0.05) is 42.4 Å². The number of ether oxygens (including phenoxy) is 3. The van der Waals surface area contributed by atoms with Crippen LogP contribution in [-0.2, 0) is 20.9 Å². The van der Waals surface area contributed by atoms with Crippen molar-refractivity contribution >= 4 is 46.0 Å². The number of pyridine rings is 2. The van der Waals surface area contributed by atoms with Gasteiger partial charge in [0.25, 0.3) is 5.56 Å². The third kappa shape index (κ3) is 7.89. The smallest absolute Gasteiger partial charge is 0.420 e. The predicted molar refractivity (Wildman–Crippen MR) is 186 cm³/mol. The quantitative estimate of drug-likeness (QED) is 0.191. The molecule has 12 heteroatoms. The van der Waals surface area contributed by atoms with Crippen LogP contribution in [0.2, 0.25) is 0 Å². The van der Waals surface area contributed by atoms with Crippen LogP contribution in [0.4, 0.5) is 22.0 Å². The summed E-state index contributed by atoms with van der Waals surface area (Å²) in [7, 11) is 3.04. The third-order valence-electron chi connectivity index (χ3n) is 7.16. The van der Waals surface area contributed by atoms with Gasteiger partial charge in [0.15, 0.2) is 0 Å². The zero-order valence-corrected chi connectivity index (χ0v) is 27.9. The minimum Gasteiger partial charge on any atom is -0.497 e. The van der Waals surface area contributed by atoms with Crippen molar-refractivity contribution < 1.29 is 28.6 Å². The van der Waals surface area contributed by atoms with E-state index < -0.39 is 23.5 Å². The molecule has 0 spiro atoms. The number of carbonyl (C=O) groups excluding carboxylic acids is 3. The van der Waals surface area contributed by atoms with E-state index in [-0.39, 0.29) is 24.5 Å². The van der Waals surface area contributed by atoms with Crippen molar-refractivity contribution in [3.8, 4) is 22.6 Å². The monoisotopic (exact) mass is 653 g/mol. The Kier molecular flexibility index (Phi) is 10.7. The molecule has 0 atom stereocenters. The second kappa shape index (κ2) is 14.7. The molecule has 0 aliphatic carbocycles. The van der Waals surface area contributed by atoms with Crippen LogP contribution in [0.15, 0.2) is 84.8 Å². The fourth-order valence-electron chi connectivity index (χ4n) is 4.99. The number of aryl methyl sites for hydroxylation is 1. The van der Waals surface area contributed by atoms with E-state index in [9.17, 15) is 19.2 Å². The number of hydrogen-bond acceptors (Lipinski definition) is 8. The zero-order valence-electron chi connectivity index (χ0n) is 27.9. The Morgan fingerprint density at radius 3 is 2.25 bits per heavy atom. The number of carbonyl (C=O) groups is 3. The van der Waals surface area contributed by atoms with Gasteiger partial charge in [-0.25, -0.2) is 14.7 Å². The van der Waals surface area contributed by atoms with Crippen molar-refractivity contribution in [3.05, 3.63) is 96.0 Å². The molecule has 4 rings (SSSR count). The lowest BCUT2D eigenvalue weighted by atomic mass is 10.0. The number of anilines is 3. The first-order valence-electron chi connectivity index (χ1n) is 15.0. The molecule has 0 aliphatic rings. The van der Waals surface area contributed by atoms with Gasteiger partial charge in [-0.15, -0.1) is 0 Å². The Labute approximate surface area is 278 Å². The van der Waals surface area contributed by atoms with E-state index in [1.165, 1.54) is 23.7 Å². The summed E-state index contributed by atoms with van der Waals surface area (Å²) in [5, 5.41) is 6.03. The van der Waals surface area contributed by atoms with Crippen LogP contribution in [0.3, 0.4) is 0 Å². The Morgan fingerprint density at radius 1 is 0.979 bits per heavy atom. The molecule has 0 saturated carbocycles. The largest absolute Gasteiger partial charge is 0.497 e. The summed E-state index contributed by atoms with van der Waals surface area (Å²) in [6.45, 7) is 14.2. The van der Waals surface area contributed by atoms with Crippen LogP contribution in [0.5, 0.6) is 11.5 Å². The topological polar surface area (TPSA) is 141 Å². The molecular weight excluding hydrogens is 614 g/mol. The average molecular weight is 654 g/mol. The number of rotatable bonds is 11. The Balaban J connectivity index is 2.00. The molecule has 0 saturated heterocycles. The molecule has 2 aromatic heterocycles. The molecule has 3 amide bonds.